The molecule has 0 saturated carbocycles. The Bertz CT molecular complexity index is 1230. The third kappa shape index (κ3) is 3.76. The van der Waals surface area contributed by atoms with Crippen molar-refractivity contribution in [1.29, 1.82) is 0 Å². The number of nitrogens with zero attached hydrogens (tertiary/aromatic N) is 5. The number of carbonyl (C=O) groups excluding carboxylic acids is 1. The number of anilines is 1. The van der Waals surface area contributed by atoms with Gasteiger partial charge in [0.15, 0.2) is 5.65 Å². The SMILES string of the molecule is Cc1cn2nc(C3CCCCN3C(=O)c3cccc4c3CCCC4)cc2nc1N1CC[C@H](N)C1. The molecule has 2 N–H and O–H groups in total. The number of hydrogen-bond donors (Lipinski definition) is 1. The van der Waals surface area contributed by atoms with Crippen molar-refractivity contribution in [1.82, 2.24) is 19.5 Å². The molecule has 7 nitrogen and oxygen atoms in total. The predicted octanol–water partition coefficient (Wildman–Crippen LogP) is 3.82. The number of carbonyl (C=O) groups is 1. The van der Waals surface area contributed by atoms with Gasteiger partial charge in [-0.05, 0) is 75.5 Å². The molecule has 178 valence electrons. The van der Waals surface area contributed by atoms with Gasteiger partial charge in [-0.3, -0.25) is 4.79 Å². The molecule has 2 saturated heterocycles. The van der Waals surface area contributed by atoms with Crippen molar-refractivity contribution in [3.63, 3.8) is 0 Å². The number of piperidine rings is 1. The van der Waals surface area contributed by atoms with Crippen molar-refractivity contribution >= 4 is 17.4 Å². The minimum atomic E-state index is -0.00800. The topological polar surface area (TPSA) is 79.8 Å². The van der Waals surface area contributed by atoms with Gasteiger partial charge in [-0.1, -0.05) is 12.1 Å². The molecule has 3 aliphatic rings. The van der Waals surface area contributed by atoms with E-state index in [1.54, 1.807) is 0 Å². The molecule has 4 heterocycles. The highest BCUT2D eigenvalue weighted by atomic mass is 16.2. The molecule has 0 radical (unpaired) electrons. The van der Waals surface area contributed by atoms with E-state index in [2.05, 4.69) is 41.1 Å². The minimum Gasteiger partial charge on any atom is -0.355 e. The zero-order valence-corrected chi connectivity index (χ0v) is 20.0. The van der Waals surface area contributed by atoms with Gasteiger partial charge in [-0.25, -0.2) is 9.50 Å². The van der Waals surface area contributed by atoms with E-state index in [4.69, 9.17) is 15.8 Å². The van der Waals surface area contributed by atoms with Crippen LogP contribution in [0.5, 0.6) is 0 Å². The van der Waals surface area contributed by atoms with Crippen LogP contribution < -0.4 is 10.6 Å². The van der Waals surface area contributed by atoms with E-state index >= 15 is 0 Å². The second-order valence-corrected chi connectivity index (χ2v) is 10.3. The van der Waals surface area contributed by atoms with Crippen LogP contribution in [0, 0.1) is 6.92 Å². The standard InChI is InChI=1S/C27H34N6O/c1-18-16-33-25(29-26(18)31-14-12-20(28)17-31)15-23(30-33)24-11-4-5-13-32(24)27(34)22-10-6-8-19-7-2-3-9-21(19)22/h6,8,10,15-16,20,24H,2-5,7,9,11-14,17,28H2,1H3/t20-,24?/m0/s1. The monoisotopic (exact) mass is 458 g/mol. The lowest BCUT2D eigenvalue weighted by molar-refractivity contribution is 0.0604. The summed E-state index contributed by atoms with van der Waals surface area (Å²) in [5.41, 5.74) is 12.5. The van der Waals surface area contributed by atoms with Gasteiger partial charge < -0.3 is 15.5 Å². The van der Waals surface area contributed by atoms with E-state index in [9.17, 15) is 4.79 Å². The van der Waals surface area contributed by atoms with Crippen LogP contribution in [0.1, 0.15) is 77.3 Å². The predicted molar refractivity (Wildman–Crippen MR) is 133 cm³/mol. The number of nitrogens with two attached hydrogens (primary N) is 1. The van der Waals surface area contributed by atoms with Gasteiger partial charge in [0.05, 0.1) is 11.7 Å². The molecule has 0 bridgehead atoms. The van der Waals surface area contributed by atoms with Crippen LogP contribution in [0.25, 0.3) is 5.65 Å². The minimum absolute atomic E-state index is 0.00800. The fourth-order valence-corrected chi connectivity index (χ4v) is 6.10. The summed E-state index contributed by atoms with van der Waals surface area (Å²) in [6, 6.07) is 8.56. The van der Waals surface area contributed by atoms with Crippen LogP contribution >= 0.6 is 0 Å². The van der Waals surface area contributed by atoms with Crippen molar-refractivity contribution in [2.24, 2.45) is 5.73 Å². The first-order valence-electron chi connectivity index (χ1n) is 12.9. The number of rotatable bonds is 3. The van der Waals surface area contributed by atoms with E-state index in [-0.39, 0.29) is 18.0 Å². The van der Waals surface area contributed by atoms with Gasteiger partial charge in [0.25, 0.3) is 5.91 Å². The largest absolute Gasteiger partial charge is 0.355 e. The average molecular weight is 459 g/mol. The molecule has 1 amide bonds. The normalized spacial score (nSPS) is 22.9. The van der Waals surface area contributed by atoms with Crippen molar-refractivity contribution < 1.29 is 4.79 Å². The zero-order valence-electron chi connectivity index (χ0n) is 20.0. The molecule has 2 aromatic heterocycles. The molecule has 6 rings (SSSR count). The van der Waals surface area contributed by atoms with Crippen LogP contribution in [0.3, 0.4) is 0 Å². The van der Waals surface area contributed by atoms with E-state index in [1.165, 1.54) is 24.0 Å². The Morgan fingerprint density at radius 2 is 1.97 bits per heavy atom. The summed E-state index contributed by atoms with van der Waals surface area (Å²) in [5, 5.41) is 4.91. The van der Waals surface area contributed by atoms with Gasteiger partial charge in [0, 0.05) is 49.1 Å². The van der Waals surface area contributed by atoms with Crippen molar-refractivity contribution in [2.75, 3.05) is 24.5 Å². The fourth-order valence-electron chi connectivity index (χ4n) is 6.10. The molecule has 0 spiro atoms. The lowest BCUT2D eigenvalue weighted by Crippen LogP contribution is -2.39. The molecule has 2 fully saturated rings. The quantitative estimate of drug-likeness (QED) is 0.645. The maximum atomic E-state index is 13.8. The van der Waals surface area contributed by atoms with E-state index in [0.717, 1.165) is 86.4 Å². The summed E-state index contributed by atoms with van der Waals surface area (Å²) < 4.78 is 1.88. The Labute approximate surface area is 200 Å². The Kier molecular flexibility index (Phi) is 5.52. The molecule has 1 unspecified atom stereocenters. The summed E-state index contributed by atoms with van der Waals surface area (Å²) in [6.07, 6.45) is 10.6. The maximum Gasteiger partial charge on any atom is 0.254 e. The van der Waals surface area contributed by atoms with Crippen molar-refractivity contribution in [2.45, 2.75) is 70.4 Å². The number of aromatic nitrogens is 3. The molecule has 1 aliphatic carbocycles. The molecule has 2 aliphatic heterocycles. The number of fused-ring (bicyclic) bond motifs is 2. The molecule has 34 heavy (non-hydrogen) atoms. The Hall–Kier alpha value is -2.93. The summed E-state index contributed by atoms with van der Waals surface area (Å²) in [7, 11) is 0. The van der Waals surface area contributed by atoms with E-state index < -0.39 is 0 Å². The van der Waals surface area contributed by atoms with Crippen LogP contribution in [0.15, 0.2) is 30.5 Å². The van der Waals surface area contributed by atoms with Crippen LogP contribution in [-0.4, -0.2) is 51.1 Å². The van der Waals surface area contributed by atoms with Gasteiger partial charge >= 0.3 is 0 Å². The lowest BCUT2D eigenvalue weighted by Gasteiger charge is -2.35. The molecule has 1 aromatic carbocycles. The summed E-state index contributed by atoms with van der Waals surface area (Å²) in [5.74, 6) is 1.16. The Morgan fingerprint density at radius 3 is 2.82 bits per heavy atom. The highest BCUT2D eigenvalue weighted by Crippen LogP contribution is 2.34. The van der Waals surface area contributed by atoms with Crippen molar-refractivity contribution in [3.8, 4) is 0 Å². The highest BCUT2D eigenvalue weighted by Gasteiger charge is 2.32. The number of aryl methyl sites for hydroxylation is 2. The second kappa shape index (κ2) is 8.69. The van der Waals surface area contributed by atoms with Gasteiger partial charge in [0.1, 0.15) is 5.82 Å². The first kappa shape index (κ1) is 21.6. The number of amides is 1. The molecule has 7 heteroatoms. The first-order valence-corrected chi connectivity index (χ1v) is 12.9. The van der Waals surface area contributed by atoms with Gasteiger partial charge in [-0.2, -0.15) is 5.10 Å². The lowest BCUT2D eigenvalue weighted by atomic mass is 9.87. The Morgan fingerprint density at radius 1 is 1.09 bits per heavy atom. The summed E-state index contributed by atoms with van der Waals surface area (Å²) in [4.78, 5) is 23.2. The zero-order chi connectivity index (χ0) is 23.2. The van der Waals surface area contributed by atoms with Gasteiger partial charge in [-0.15, -0.1) is 0 Å². The third-order valence-electron chi connectivity index (χ3n) is 7.88. The van der Waals surface area contributed by atoms with Crippen LogP contribution in [-0.2, 0) is 12.8 Å². The van der Waals surface area contributed by atoms with E-state index in [1.807, 2.05) is 10.6 Å². The highest BCUT2D eigenvalue weighted by molar-refractivity contribution is 5.96. The third-order valence-corrected chi connectivity index (χ3v) is 7.88. The van der Waals surface area contributed by atoms with Gasteiger partial charge in [0.2, 0.25) is 0 Å². The molecular weight excluding hydrogens is 424 g/mol. The maximum absolute atomic E-state index is 13.8. The Balaban J connectivity index is 1.33. The van der Waals surface area contributed by atoms with Crippen LogP contribution in [0.4, 0.5) is 5.82 Å². The average Bonchev–Trinajstić information content (AvgIpc) is 3.48. The van der Waals surface area contributed by atoms with E-state index in [0.29, 0.717) is 0 Å². The molecule has 2 atom stereocenters. The summed E-state index contributed by atoms with van der Waals surface area (Å²) >= 11 is 0. The first-order chi connectivity index (χ1) is 16.6. The number of likely N-dealkylation sites (tertiary alicyclic amines) is 1. The fraction of sp³-hybridized carbons (Fsp3) is 0.519. The number of benzene rings is 1. The molecule has 3 aromatic rings. The summed E-state index contributed by atoms with van der Waals surface area (Å²) in [6.45, 7) is 4.65. The molecular formula is C27H34N6O. The smallest absolute Gasteiger partial charge is 0.254 e. The van der Waals surface area contributed by atoms with Crippen molar-refractivity contribution in [3.05, 3.63) is 58.4 Å². The second-order valence-electron chi connectivity index (χ2n) is 10.3. The van der Waals surface area contributed by atoms with Crippen LogP contribution in [0.2, 0.25) is 0 Å². The number of hydrogen-bond acceptors (Lipinski definition) is 5.